The number of benzene rings is 2. The predicted molar refractivity (Wildman–Crippen MR) is 79.0 cm³/mol. The lowest BCUT2D eigenvalue weighted by Gasteiger charge is -2.08. The van der Waals surface area contributed by atoms with Crippen molar-refractivity contribution in [2.75, 3.05) is 11.1 Å². The second-order valence-electron chi connectivity index (χ2n) is 4.02. The van der Waals surface area contributed by atoms with Crippen LogP contribution in [0.4, 0.5) is 17.1 Å². The molecule has 0 saturated heterocycles. The first kappa shape index (κ1) is 13.4. The molecule has 2 aromatic carbocycles. The van der Waals surface area contributed by atoms with Gasteiger partial charge in [0.05, 0.1) is 4.92 Å². The van der Waals surface area contributed by atoms with E-state index >= 15 is 0 Å². The molecule has 0 atom stereocenters. The van der Waals surface area contributed by atoms with E-state index in [1.807, 2.05) is 24.3 Å². The van der Waals surface area contributed by atoms with Crippen molar-refractivity contribution >= 4 is 33.0 Å². The summed E-state index contributed by atoms with van der Waals surface area (Å²) < 4.78 is 0.987. The van der Waals surface area contributed by atoms with Crippen molar-refractivity contribution in [2.45, 2.75) is 6.54 Å². The van der Waals surface area contributed by atoms with Gasteiger partial charge in [-0.25, -0.2) is 0 Å². The molecule has 0 bridgehead atoms. The molecule has 0 heterocycles. The average molecular weight is 322 g/mol. The molecule has 0 aliphatic rings. The van der Waals surface area contributed by atoms with Crippen molar-refractivity contribution in [1.29, 1.82) is 0 Å². The van der Waals surface area contributed by atoms with E-state index in [4.69, 9.17) is 5.73 Å². The van der Waals surface area contributed by atoms with Crippen LogP contribution >= 0.6 is 15.9 Å². The van der Waals surface area contributed by atoms with Crippen molar-refractivity contribution in [3.05, 3.63) is 62.6 Å². The van der Waals surface area contributed by atoms with Gasteiger partial charge in [-0.2, -0.15) is 0 Å². The van der Waals surface area contributed by atoms with Crippen molar-refractivity contribution in [3.63, 3.8) is 0 Å². The van der Waals surface area contributed by atoms with E-state index in [9.17, 15) is 10.1 Å². The van der Waals surface area contributed by atoms with E-state index in [1.165, 1.54) is 12.1 Å². The monoisotopic (exact) mass is 321 g/mol. The van der Waals surface area contributed by atoms with Gasteiger partial charge in [-0.3, -0.25) is 10.1 Å². The summed E-state index contributed by atoms with van der Waals surface area (Å²) in [6, 6.07) is 12.2. The molecule has 19 heavy (non-hydrogen) atoms. The van der Waals surface area contributed by atoms with Crippen LogP contribution in [-0.2, 0) is 6.54 Å². The second-order valence-corrected chi connectivity index (χ2v) is 4.87. The topological polar surface area (TPSA) is 81.2 Å². The minimum absolute atomic E-state index is 0.0189. The number of halogens is 1. The van der Waals surface area contributed by atoms with Crippen LogP contribution in [0, 0.1) is 10.1 Å². The molecule has 98 valence electrons. The summed E-state index contributed by atoms with van der Waals surface area (Å²) in [5, 5.41) is 13.9. The fourth-order valence-electron chi connectivity index (χ4n) is 1.68. The zero-order valence-electron chi connectivity index (χ0n) is 9.97. The Morgan fingerprint density at radius 2 is 2.00 bits per heavy atom. The Labute approximate surface area is 118 Å². The van der Waals surface area contributed by atoms with Crippen molar-refractivity contribution in [2.24, 2.45) is 0 Å². The lowest BCUT2D eigenvalue weighted by atomic mass is 10.2. The van der Waals surface area contributed by atoms with Crippen LogP contribution in [-0.4, -0.2) is 4.92 Å². The highest BCUT2D eigenvalue weighted by Crippen LogP contribution is 2.23. The molecule has 0 aliphatic heterocycles. The van der Waals surface area contributed by atoms with Crippen LogP contribution < -0.4 is 11.1 Å². The smallest absolute Gasteiger partial charge is 0.273 e. The fraction of sp³-hybridized carbons (Fsp3) is 0.0769. The molecule has 5 nitrogen and oxygen atoms in total. The quantitative estimate of drug-likeness (QED) is 0.512. The number of nitrogens with two attached hydrogens (primary N) is 1. The zero-order valence-corrected chi connectivity index (χ0v) is 11.6. The molecule has 0 unspecified atom stereocenters. The van der Waals surface area contributed by atoms with Gasteiger partial charge in [0.2, 0.25) is 0 Å². The standard InChI is InChI=1S/C13H12BrN3O2/c14-13-4-2-1-3-9(13)8-16-11-5-10(15)6-12(7-11)17(18)19/h1-7,16H,8,15H2. The van der Waals surface area contributed by atoms with Gasteiger partial charge in [-0.1, -0.05) is 34.1 Å². The van der Waals surface area contributed by atoms with Gasteiger partial charge < -0.3 is 11.1 Å². The third-order valence-corrected chi connectivity index (χ3v) is 3.37. The van der Waals surface area contributed by atoms with E-state index in [0.717, 1.165) is 10.0 Å². The number of nitrogens with zero attached hydrogens (tertiary/aromatic N) is 1. The lowest BCUT2D eigenvalue weighted by molar-refractivity contribution is -0.384. The average Bonchev–Trinajstić information content (AvgIpc) is 2.37. The van der Waals surface area contributed by atoms with E-state index in [-0.39, 0.29) is 5.69 Å². The van der Waals surface area contributed by atoms with Crippen molar-refractivity contribution in [1.82, 2.24) is 0 Å². The summed E-state index contributed by atoms with van der Waals surface area (Å²) in [7, 11) is 0. The van der Waals surface area contributed by atoms with Gasteiger partial charge in [0, 0.05) is 34.5 Å². The molecular weight excluding hydrogens is 310 g/mol. The molecule has 2 rings (SSSR count). The predicted octanol–water partition coefficient (Wildman–Crippen LogP) is 3.55. The highest BCUT2D eigenvalue weighted by Gasteiger charge is 2.08. The Morgan fingerprint density at radius 1 is 1.26 bits per heavy atom. The number of anilines is 2. The van der Waals surface area contributed by atoms with Crippen molar-refractivity contribution < 1.29 is 4.92 Å². The Morgan fingerprint density at radius 3 is 2.68 bits per heavy atom. The molecule has 3 N–H and O–H groups in total. The van der Waals surface area contributed by atoms with Gasteiger partial charge in [0.1, 0.15) is 0 Å². The minimum atomic E-state index is -0.458. The molecule has 2 aromatic rings. The molecular formula is C13H12BrN3O2. The molecule has 0 radical (unpaired) electrons. The minimum Gasteiger partial charge on any atom is -0.398 e. The molecule has 0 amide bonds. The summed E-state index contributed by atoms with van der Waals surface area (Å²) >= 11 is 3.45. The van der Waals surface area contributed by atoms with E-state index in [0.29, 0.717) is 17.9 Å². The van der Waals surface area contributed by atoms with Crippen LogP contribution in [0.5, 0.6) is 0 Å². The molecule has 0 spiro atoms. The third kappa shape index (κ3) is 3.45. The van der Waals surface area contributed by atoms with E-state index in [2.05, 4.69) is 21.2 Å². The Hall–Kier alpha value is -2.08. The Balaban J connectivity index is 2.16. The lowest BCUT2D eigenvalue weighted by Crippen LogP contribution is -2.02. The largest absolute Gasteiger partial charge is 0.398 e. The second kappa shape index (κ2) is 5.71. The van der Waals surface area contributed by atoms with Crippen LogP contribution in [0.2, 0.25) is 0 Å². The van der Waals surface area contributed by atoms with Gasteiger partial charge in [-0.05, 0) is 17.7 Å². The van der Waals surface area contributed by atoms with Crippen LogP contribution in [0.15, 0.2) is 46.9 Å². The molecule has 0 fully saturated rings. The van der Waals surface area contributed by atoms with E-state index < -0.39 is 4.92 Å². The maximum Gasteiger partial charge on any atom is 0.273 e. The summed E-state index contributed by atoms with van der Waals surface area (Å²) in [4.78, 5) is 10.3. The maximum absolute atomic E-state index is 10.7. The SMILES string of the molecule is Nc1cc(NCc2ccccc2Br)cc([N+](=O)[O-])c1. The normalized spacial score (nSPS) is 10.2. The number of non-ortho nitro benzene ring substituents is 1. The summed E-state index contributed by atoms with van der Waals surface area (Å²) in [6.45, 7) is 0.558. The zero-order chi connectivity index (χ0) is 13.8. The van der Waals surface area contributed by atoms with Crippen LogP contribution in [0.25, 0.3) is 0 Å². The maximum atomic E-state index is 10.7. The summed E-state index contributed by atoms with van der Waals surface area (Å²) in [5.41, 5.74) is 7.68. The first-order chi connectivity index (χ1) is 9.06. The number of nitrogens with one attached hydrogen (secondary N) is 1. The van der Waals surface area contributed by atoms with Gasteiger partial charge in [-0.15, -0.1) is 0 Å². The Bertz CT molecular complexity index is 617. The molecule has 0 aliphatic carbocycles. The van der Waals surface area contributed by atoms with Gasteiger partial charge in [0.15, 0.2) is 0 Å². The highest BCUT2D eigenvalue weighted by molar-refractivity contribution is 9.10. The number of hydrogen-bond acceptors (Lipinski definition) is 4. The van der Waals surface area contributed by atoms with Crippen LogP contribution in [0.3, 0.4) is 0 Å². The number of hydrogen-bond donors (Lipinski definition) is 2. The number of nitro groups is 1. The Kier molecular flexibility index (Phi) is 4.01. The number of rotatable bonds is 4. The molecule has 0 saturated carbocycles. The fourth-order valence-corrected chi connectivity index (χ4v) is 2.11. The van der Waals surface area contributed by atoms with Crippen LogP contribution in [0.1, 0.15) is 5.56 Å². The number of nitro benzene ring substituents is 1. The third-order valence-electron chi connectivity index (χ3n) is 2.59. The van der Waals surface area contributed by atoms with Gasteiger partial charge >= 0.3 is 0 Å². The van der Waals surface area contributed by atoms with Crippen molar-refractivity contribution in [3.8, 4) is 0 Å². The first-order valence-corrected chi connectivity index (χ1v) is 6.38. The molecule has 6 heteroatoms. The summed E-state index contributed by atoms with van der Waals surface area (Å²) in [6.07, 6.45) is 0. The summed E-state index contributed by atoms with van der Waals surface area (Å²) in [5.74, 6) is 0. The first-order valence-electron chi connectivity index (χ1n) is 5.58. The number of nitrogen functional groups attached to an aromatic ring is 1. The van der Waals surface area contributed by atoms with Gasteiger partial charge in [0.25, 0.3) is 5.69 Å². The molecule has 0 aromatic heterocycles. The highest BCUT2D eigenvalue weighted by atomic mass is 79.9. The van der Waals surface area contributed by atoms with E-state index in [1.54, 1.807) is 6.07 Å².